The van der Waals surface area contributed by atoms with Gasteiger partial charge in [0.2, 0.25) is 5.91 Å². The fourth-order valence-electron chi connectivity index (χ4n) is 2.37. The van der Waals surface area contributed by atoms with Gasteiger partial charge in [0.1, 0.15) is 0 Å². The lowest BCUT2D eigenvalue weighted by Gasteiger charge is -2.22. The fourth-order valence-corrected chi connectivity index (χ4v) is 2.37. The van der Waals surface area contributed by atoms with E-state index in [1.165, 1.54) is 0 Å². The van der Waals surface area contributed by atoms with Crippen LogP contribution in [0.2, 0.25) is 0 Å². The van der Waals surface area contributed by atoms with E-state index < -0.39 is 0 Å². The van der Waals surface area contributed by atoms with Crippen molar-refractivity contribution < 1.29 is 9.59 Å². The summed E-state index contributed by atoms with van der Waals surface area (Å²) in [5, 5.41) is 11.6. The predicted octanol–water partition coefficient (Wildman–Crippen LogP) is 2.30. The van der Waals surface area contributed by atoms with Crippen LogP contribution < -0.4 is 21.3 Å². The second kappa shape index (κ2) is 7.79. The quantitative estimate of drug-likeness (QED) is 0.689. The predicted molar refractivity (Wildman–Crippen MR) is 88.0 cm³/mol. The molecule has 1 aliphatic rings. The Morgan fingerprint density at radius 2 is 1.73 bits per heavy atom. The number of urea groups is 1. The average Bonchev–Trinajstić information content (AvgIpc) is 2.49. The summed E-state index contributed by atoms with van der Waals surface area (Å²) in [6.07, 6.45) is 3.09. The number of benzene rings is 1. The van der Waals surface area contributed by atoms with Crippen molar-refractivity contribution in [2.24, 2.45) is 0 Å². The maximum atomic E-state index is 12.1. The van der Waals surface area contributed by atoms with Crippen molar-refractivity contribution >= 4 is 23.3 Å². The molecule has 4 N–H and O–H groups in total. The topological polar surface area (TPSA) is 82.3 Å². The van der Waals surface area contributed by atoms with Crippen LogP contribution >= 0.6 is 0 Å². The van der Waals surface area contributed by atoms with E-state index in [2.05, 4.69) is 21.3 Å². The zero-order valence-corrected chi connectivity index (χ0v) is 13.1. The number of piperidine rings is 1. The van der Waals surface area contributed by atoms with Crippen molar-refractivity contribution in [2.75, 3.05) is 17.2 Å². The summed E-state index contributed by atoms with van der Waals surface area (Å²) in [7, 11) is 0. The molecule has 1 unspecified atom stereocenters. The number of anilines is 2. The highest BCUT2D eigenvalue weighted by Crippen LogP contribution is 2.15. The fraction of sp³-hybridized carbons (Fsp3) is 0.500. The first-order valence-corrected chi connectivity index (χ1v) is 7.76. The van der Waals surface area contributed by atoms with Crippen molar-refractivity contribution in [2.45, 2.75) is 45.2 Å². The van der Waals surface area contributed by atoms with E-state index in [0.29, 0.717) is 5.69 Å². The summed E-state index contributed by atoms with van der Waals surface area (Å²) in [6.45, 7) is 4.70. The molecule has 0 spiro atoms. The first kappa shape index (κ1) is 16.3. The highest BCUT2D eigenvalue weighted by molar-refractivity contribution is 5.95. The molecule has 0 saturated carbocycles. The zero-order valence-electron chi connectivity index (χ0n) is 13.1. The van der Waals surface area contributed by atoms with Crippen LogP contribution in [-0.2, 0) is 4.79 Å². The molecule has 0 aliphatic carbocycles. The summed E-state index contributed by atoms with van der Waals surface area (Å²) in [6, 6.07) is 6.84. The molecule has 0 aromatic heterocycles. The minimum Gasteiger partial charge on any atom is -0.336 e. The van der Waals surface area contributed by atoms with Crippen LogP contribution in [0.3, 0.4) is 0 Å². The Morgan fingerprint density at radius 1 is 1.09 bits per heavy atom. The van der Waals surface area contributed by atoms with Gasteiger partial charge < -0.3 is 21.3 Å². The number of amides is 3. The summed E-state index contributed by atoms with van der Waals surface area (Å²) >= 11 is 0. The van der Waals surface area contributed by atoms with Crippen molar-refractivity contribution in [3.8, 4) is 0 Å². The molecule has 1 aliphatic heterocycles. The highest BCUT2D eigenvalue weighted by atomic mass is 16.2. The van der Waals surface area contributed by atoms with E-state index in [1.54, 1.807) is 24.3 Å². The lowest BCUT2D eigenvalue weighted by molar-refractivity contribution is -0.118. The van der Waals surface area contributed by atoms with Crippen LogP contribution in [0, 0.1) is 0 Å². The molecule has 0 radical (unpaired) electrons. The summed E-state index contributed by atoms with van der Waals surface area (Å²) in [5.41, 5.74) is 1.42. The maximum Gasteiger partial charge on any atom is 0.319 e. The molecule has 1 aromatic carbocycles. The van der Waals surface area contributed by atoms with E-state index in [0.717, 1.165) is 31.5 Å². The van der Waals surface area contributed by atoms with Crippen molar-refractivity contribution in [1.29, 1.82) is 0 Å². The molecule has 1 heterocycles. The second-order valence-corrected chi connectivity index (χ2v) is 5.82. The Balaban J connectivity index is 1.86. The van der Waals surface area contributed by atoms with Gasteiger partial charge in [-0.25, -0.2) is 4.79 Å². The minimum absolute atomic E-state index is 0.00189. The zero-order chi connectivity index (χ0) is 15.9. The monoisotopic (exact) mass is 304 g/mol. The van der Waals surface area contributed by atoms with Crippen LogP contribution in [0.25, 0.3) is 0 Å². The second-order valence-electron chi connectivity index (χ2n) is 5.82. The molecule has 6 heteroatoms. The minimum atomic E-state index is -0.238. The van der Waals surface area contributed by atoms with Crippen LogP contribution in [-0.4, -0.2) is 30.6 Å². The van der Waals surface area contributed by atoms with Gasteiger partial charge >= 0.3 is 6.03 Å². The van der Waals surface area contributed by atoms with Crippen LogP contribution in [0.15, 0.2) is 24.3 Å². The van der Waals surface area contributed by atoms with Crippen LogP contribution in [0.1, 0.15) is 33.1 Å². The van der Waals surface area contributed by atoms with Gasteiger partial charge in [-0.2, -0.15) is 0 Å². The number of nitrogens with one attached hydrogen (secondary N) is 4. The molecule has 1 saturated heterocycles. The Bertz CT molecular complexity index is 507. The third kappa shape index (κ3) is 5.04. The summed E-state index contributed by atoms with van der Waals surface area (Å²) in [4.78, 5) is 23.7. The summed E-state index contributed by atoms with van der Waals surface area (Å²) in [5.74, 6) is -0.00189. The molecule has 1 fully saturated rings. The molecule has 120 valence electrons. The van der Waals surface area contributed by atoms with Crippen molar-refractivity contribution in [3.05, 3.63) is 24.3 Å². The van der Waals surface area contributed by atoms with Gasteiger partial charge in [-0.3, -0.25) is 4.79 Å². The van der Waals surface area contributed by atoms with E-state index in [9.17, 15) is 9.59 Å². The van der Waals surface area contributed by atoms with Gasteiger partial charge in [0.05, 0.1) is 6.04 Å². The molecular formula is C16H24N4O2. The average molecular weight is 304 g/mol. The number of carbonyl (C=O) groups excluding carboxylic acids is 2. The normalized spacial score (nSPS) is 17.9. The standard InChI is InChI=1S/C16H24N4O2/c1-11(2)18-16(22)20-13-8-6-12(7-9-13)19-15(21)14-5-3-4-10-17-14/h6-9,11,14,17H,3-5,10H2,1-2H3,(H,19,21)(H2,18,20,22). The molecule has 1 aromatic rings. The van der Waals surface area contributed by atoms with Crippen molar-refractivity contribution in [3.63, 3.8) is 0 Å². The third-order valence-electron chi connectivity index (χ3n) is 3.46. The Hall–Kier alpha value is -2.08. The van der Waals surface area contributed by atoms with Gasteiger partial charge in [-0.15, -0.1) is 0 Å². The van der Waals surface area contributed by atoms with E-state index in [4.69, 9.17) is 0 Å². The lowest BCUT2D eigenvalue weighted by atomic mass is 10.0. The largest absolute Gasteiger partial charge is 0.336 e. The lowest BCUT2D eigenvalue weighted by Crippen LogP contribution is -2.43. The molecule has 1 atom stereocenters. The smallest absolute Gasteiger partial charge is 0.319 e. The van der Waals surface area contributed by atoms with Gasteiger partial charge in [-0.1, -0.05) is 6.42 Å². The number of hydrogen-bond acceptors (Lipinski definition) is 3. The van der Waals surface area contributed by atoms with Gasteiger partial charge in [-0.05, 0) is 57.5 Å². The third-order valence-corrected chi connectivity index (χ3v) is 3.46. The van der Waals surface area contributed by atoms with Gasteiger partial charge in [0, 0.05) is 17.4 Å². The molecule has 0 bridgehead atoms. The van der Waals surface area contributed by atoms with Gasteiger partial charge in [0.25, 0.3) is 0 Å². The van der Waals surface area contributed by atoms with Crippen molar-refractivity contribution in [1.82, 2.24) is 10.6 Å². The Morgan fingerprint density at radius 3 is 2.27 bits per heavy atom. The Labute approximate surface area is 131 Å². The van der Waals surface area contributed by atoms with Gasteiger partial charge in [0.15, 0.2) is 0 Å². The molecule has 6 nitrogen and oxygen atoms in total. The molecule has 2 rings (SSSR count). The molecule has 22 heavy (non-hydrogen) atoms. The highest BCUT2D eigenvalue weighted by Gasteiger charge is 2.20. The number of hydrogen-bond donors (Lipinski definition) is 4. The first-order chi connectivity index (χ1) is 10.5. The molecular weight excluding hydrogens is 280 g/mol. The summed E-state index contributed by atoms with van der Waals surface area (Å²) < 4.78 is 0. The van der Waals surface area contributed by atoms with E-state index in [1.807, 2.05) is 13.8 Å². The maximum absolute atomic E-state index is 12.1. The Kier molecular flexibility index (Phi) is 5.77. The van der Waals surface area contributed by atoms with E-state index >= 15 is 0 Å². The SMILES string of the molecule is CC(C)NC(=O)Nc1ccc(NC(=O)C2CCCCN2)cc1. The first-order valence-electron chi connectivity index (χ1n) is 7.76. The van der Waals surface area contributed by atoms with E-state index in [-0.39, 0.29) is 24.0 Å². The van der Waals surface area contributed by atoms with Crippen LogP contribution in [0.4, 0.5) is 16.2 Å². The number of carbonyl (C=O) groups is 2. The van der Waals surface area contributed by atoms with Crippen LogP contribution in [0.5, 0.6) is 0 Å². The number of rotatable bonds is 4. The molecule has 3 amide bonds.